The van der Waals surface area contributed by atoms with Gasteiger partial charge in [-0.25, -0.2) is 0 Å². The molecule has 0 saturated carbocycles. The summed E-state index contributed by atoms with van der Waals surface area (Å²) in [4.78, 5) is 13.2. The maximum Gasteiger partial charge on any atom is 0.323 e. The third-order valence-electron chi connectivity index (χ3n) is 6.12. The van der Waals surface area contributed by atoms with Crippen molar-refractivity contribution in [3.8, 4) is 5.69 Å². The van der Waals surface area contributed by atoms with Crippen LogP contribution in [0.15, 0.2) is 79.0 Å². The summed E-state index contributed by atoms with van der Waals surface area (Å²) >= 11 is 0. The third-order valence-corrected chi connectivity index (χ3v) is 6.12. The van der Waals surface area contributed by atoms with Gasteiger partial charge in [-0.3, -0.25) is 4.79 Å². The molecule has 0 spiro atoms. The van der Waals surface area contributed by atoms with E-state index in [2.05, 4.69) is 85.7 Å². The molecule has 2 heterocycles. The predicted molar refractivity (Wildman–Crippen MR) is 118 cm³/mol. The van der Waals surface area contributed by atoms with Gasteiger partial charge in [0, 0.05) is 33.3 Å². The molecular formula is C25H22N2O2. The molecule has 3 aromatic carbocycles. The first-order valence-corrected chi connectivity index (χ1v) is 9.71. The normalized spacial score (nSPS) is 15.2. The number of para-hydroxylation sites is 2. The topological polar surface area (TPSA) is 45.5 Å². The van der Waals surface area contributed by atoms with Crippen LogP contribution in [0.4, 0.5) is 5.69 Å². The van der Waals surface area contributed by atoms with Gasteiger partial charge in [0.05, 0.1) is 11.0 Å². The lowest BCUT2D eigenvalue weighted by Crippen LogP contribution is -2.29. The maximum absolute atomic E-state index is 11.4. The number of hydrogen-bond donors (Lipinski definition) is 1. The van der Waals surface area contributed by atoms with E-state index in [1.54, 1.807) is 0 Å². The van der Waals surface area contributed by atoms with Gasteiger partial charge in [0.15, 0.2) is 0 Å². The Labute approximate surface area is 169 Å². The standard InChI is InChI=1S/C25H22N2O2/c1-16-25(2,3)20-14-17(12-13-23(20)26(16)15-24(28)29)27-21-10-6-4-8-18(21)19-9-5-7-11-22(19)27/h4-14H,1,15H2,2-3H3,(H,28,29). The van der Waals surface area contributed by atoms with Crippen LogP contribution in [0, 0.1) is 0 Å². The Morgan fingerprint density at radius 3 is 2.14 bits per heavy atom. The zero-order valence-electron chi connectivity index (χ0n) is 16.5. The number of anilines is 1. The summed E-state index contributed by atoms with van der Waals surface area (Å²) < 4.78 is 2.28. The summed E-state index contributed by atoms with van der Waals surface area (Å²) in [6, 6.07) is 23.1. The lowest BCUT2D eigenvalue weighted by Gasteiger charge is -2.24. The minimum Gasteiger partial charge on any atom is -0.480 e. The quantitative estimate of drug-likeness (QED) is 0.510. The highest BCUT2D eigenvalue weighted by molar-refractivity contribution is 6.09. The van der Waals surface area contributed by atoms with Crippen LogP contribution in [0.3, 0.4) is 0 Å². The first-order valence-electron chi connectivity index (χ1n) is 9.71. The first-order chi connectivity index (χ1) is 13.9. The Bertz CT molecular complexity index is 1260. The highest BCUT2D eigenvalue weighted by Gasteiger charge is 2.39. The number of allylic oxidation sites excluding steroid dienone is 1. The molecule has 0 amide bonds. The van der Waals surface area contributed by atoms with E-state index in [0.717, 1.165) is 33.7 Å². The van der Waals surface area contributed by atoms with Crippen molar-refractivity contribution in [2.45, 2.75) is 19.3 Å². The van der Waals surface area contributed by atoms with E-state index in [-0.39, 0.29) is 12.0 Å². The first kappa shape index (κ1) is 17.6. The average Bonchev–Trinajstić information content (AvgIpc) is 3.13. The molecule has 4 aromatic rings. The SMILES string of the molecule is C=C1N(CC(=O)O)c2ccc(-n3c4ccccc4c4ccccc43)cc2C1(C)C. The fraction of sp³-hybridized carbons (Fsp3) is 0.160. The molecule has 0 radical (unpaired) electrons. The fourth-order valence-corrected chi connectivity index (χ4v) is 4.55. The molecule has 144 valence electrons. The van der Waals surface area contributed by atoms with E-state index < -0.39 is 5.97 Å². The van der Waals surface area contributed by atoms with Crippen LogP contribution in [0.1, 0.15) is 19.4 Å². The lowest BCUT2D eigenvalue weighted by atomic mass is 9.84. The van der Waals surface area contributed by atoms with Crippen LogP contribution in [-0.4, -0.2) is 22.2 Å². The molecule has 0 saturated heterocycles. The molecular weight excluding hydrogens is 360 g/mol. The smallest absolute Gasteiger partial charge is 0.323 e. The van der Waals surface area contributed by atoms with Gasteiger partial charge in [-0.05, 0) is 35.9 Å². The van der Waals surface area contributed by atoms with Gasteiger partial charge in [-0.15, -0.1) is 0 Å². The van der Waals surface area contributed by atoms with E-state index in [0.29, 0.717) is 0 Å². The van der Waals surface area contributed by atoms with Crippen molar-refractivity contribution in [1.82, 2.24) is 4.57 Å². The molecule has 5 rings (SSSR count). The van der Waals surface area contributed by atoms with Crippen LogP contribution >= 0.6 is 0 Å². The number of aliphatic carboxylic acids is 1. The molecule has 0 fully saturated rings. The number of nitrogens with zero attached hydrogens (tertiary/aromatic N) is 2. The Kier molecular flexibility index (Phi) is 3.62. The number of rotatable bonds is 3. The van der Waals surface area contributed by atoms with Gasteiger partial charge in [-0.2, -0.15) is 0 Å². The van der Waals surface area contributed by atoms with Crippen molar-refractivity contribution in [3.63, 3.8) is 0 Å². The van der Waals surface area contributed by atoms with Gasteiger partial charge in [0.2, 0.25) is 0 Å². The number of aromatic nitrogens is 1. The Morgan fingerprint density at radius 1 is 0.966 bits per heavy atom. The molecule has 1 aromatic heterocycles. The predicted octanol–water partition coefficient (Wildman–Crippen LogP) is 5.48. The summed E-state index contributed by atoms with van der Waals surface area (Å²) in [5.41, 5.74) is 5.89. The molecule has 0 aliphatic carbocycles. The van der Waals surface area contributed by atoms with Crippen LogP contribution in [0.25, 0.3) is 27.5 Å². The second-order valence-corrected chi connectivity index (χ2v) is 8.12. The van der Waals surface area contributed by atoms with E-state index in [9.17, 15) is 9.90 Å². The fourth-order valence-electron chi connectivity index (χ4n) is 4.55. The van der Waals surface area contributed by atoms with E-state index in [4.69, 9.17) is 0 Å². The minimum atomic E-state index is -0.860. The van der Waals surface area contributed by atoms with Crippen molar-refractivity contribution in [1.29, 1.82) is 0 Å². The molecule has 0 unspecified atom stereocenters. The zero-order valence-corrected chi connectivity index (χ0v) is 16.5. The van der Waals surface area contributed by atoms with Crippen LogP contribution in [0.5, 0.6) is 0 Å². The summed E-state index contributed by atoms with van der Waals surface area (Å²) in [7, 11) is 0. The van der Waals surface area contributed by atoms with Gasteiger partial charge >= 0.3 is 5.97 Å². The van der Waals surface area contributed by atoms with Crippen molar-refractivity contribution in [2.75, 3.05) is 11.4 Å². The van der Waals surface area contributed by atoms with Crippen molar-refractivity contribution < 1.29 is 9.90 Å². The Morgan fingerprint density at radius 2 is 1.55 bits per heavy atom. The average molecular weight is 382 g/mol. The number of carboxylic acids is 1. The number of benzene rings is 3. The van der Waals surface area contributed by atoms with Crippen molar-refractivity contribution in [3.05, 3.63) is 84.6 Å². The monoisotopic (exact) mass is 382 g/mol. The summed E-state index contributed by atoms with van der Waals surface area (Å²) in [6.07, 6.45) is 0. The molecule has 1 aliphatic rings. The highest BCUT2D eigenvalue weighted by Crippen LogP contribution is 2.48. The second-order valence-electron chi connectivity index (χ2n) is 8.12. The second kappa shape index (κ2) is 5.98. The van der Waals surface area contributed by atoms with Gasteiger partial charge in [-0.1, -0.05) is 56.8 Å². The van der Waals surface area contributed by atoms with Crippen LogP contribution < -0.4 is 4.90 Å². The van der Waals surface area contributed by atoms with E-state index >= 15 is 0 Å². The lowest BCUT2D eigenvalue weighted by molar-refractivity contribution is -0.135. The molecule has 4 heteroatoms. The van der Waals surface area contributed by atoms with Gasteiger partial charge in [0.1, 0.15) is 6.54 Å². The number of hydrogen-bond acceptors (Lipinski definition) is 2. The van der Waals surface area contributed by atoms with Gasteiger partial charge < -0.3 is 14.6 Å². The summed E-state index contributed by atoms with van der Waals surface area (Å²) in [6.45, 7) is 8.33. The molecule has 29 heavy (non-hydrogen) atoms. The maximum atomic E-state index is 11.4. The molecule has 0 bridgehead atoms. The van der Waals surface area contributed by atoms with Crippen molar-refractivity contribution in [2.24, 2.45) is 0 Å². The molecule has 4 nitrogen and oxygen atoms in total. The number of carbonyl (C=O) groups is 1. The molecule has 1 N–H and O–H groups in total. The van der Waals surface area contributed by atoms with Crippen LogP contribution in [-0.2, 0) is 10.2 Å². The molecule has 1 aliphatic heterocycles. The highest BCUT2D eigenvalue weighted by atomic mass is 16.4. The van der Waals surface area contributed by atoms with Crippen LogP contribution in [0.2, 0.25) is 0 Å². The Hall–Kier alpha value is -3.53. The Balaban J connectivity index is 1.77. The van der Waals surface area contributed by atoms with Crippen molar-refractivity contribution >= 4 is 33.5 Å². The summed E-state index contributed by atoms with van der Waals surface area (Å²) in [5.74, 6) is -0.860. The van der Waals surface area contributed by atoms with Gasteiger partial charge in [0.25, 0.3) is 0 Å². The molecule has 0 atom stereocenters. The third kappa shape index (κ3) is 2.42. The largest absolute Gasteiger partial charge is 0.480 e. The van der Waals surface area contributed by atoms with E-state index in [1.165, 1.54) is 10.8 Å². The zero-order chi connectivity index (χ0) is 20.3. The number of fused-ring (bicyclic) bond motifs is 4. The number of carboxylic acid groups (broad SMARTS) is 1. The summed E-state index contributed by atoms with van der Waals surface area (Å²) in [5, 5.41) is 11.8. The van der Waals surface area contributed by atoms with E-state index in [1.807, 2.05) is 11.0 Å². The minimum absolute atomic E-state index is 0.0794.